The Balaban J connectivity index is -0.000000102. The molecule has 0 aromatic heterocycles. The van der Waals surface area contributed by atoms with E-state index >= 15 is 0 Å². The predicted octanol–water partition coefficient (Wildman–Crippen LogP) is 7.56. The molecule has 0 heteroatoms. The van der Waals surface area contributed by atoms with Gasteiger partial charge in [-0.1, -0.05) is 85.0 Å². The Morgan fingerprint density at radius 3 is 1.56 bits per heavy atom. The van der Waals surface area contributed by atoms with E-state index in [0.717, 1.165) is 0 Å². The minimum Gasteiger partial charge on any atom is -0.103 e. The average molecular weight is 257 g/mol. The largest absolute Gasteiger partial charge is 0.103 e. The van der Waals surface area contributed by atoms with Crippen LogP contribution in [0.25, 0.3) is 0 Å². The van der Waals surface area contributed by atoms with Crippen LogP contribution < -0.4 is 0 Å². The van der Waals surface area contributed by atoms with Crippen molar-refractivity contribution in [3.05, 3.63) is 24.8 Å². The Labute approximate surface area is 119 Å². The summed E-state index contributed by atoms with van der Waals surface area (Å²) in [6.07, 6.45) is 15.7. The lowest BCUT2D eigenvalue weighted by Gasteiger charge is -1.95. The van der Waals surface area contributed by atoms with Gasteiger partial charge in [-0.05, 0) is 26.7 Å². The molecule has 0 radical (unpaired) electrons. The van der Waals surface area contributed by atoms with Crippen LogP contribution in [0.3, 0.4) is 0 Å². The van der Waals surface area contributed by atoms with Gasteiger partial charge in [0.15, 0.2) is 0 Å². The zero-order valence-corrected chi connectivity index (χ0v) is 14.4. The summed E-state index contributed by atoms with van der Waals surface area (Å²) in [6.45, 7) is 17.8. The Morgan fingerprint density at radius 1 is 0.833 bits per heavy atom. The van der Waals surface area contributed by atoms with E-state index in [0.29, 0.717) is 0 Å². The molecular weight excluding hydrogens is 216 g/mol. The van der Waals surface area contributed by atoms with Crippen molar-refractivity contribution in [1.29, 1.82) is 0 Å². The van der Waals surface area contributed by atoms with E-state index < -0.39 is 0 Å². The molecular formula is C18H40. The number of hydrogen-bond donors (Lipinski definition) is 0. The van der Waals surface area contributed by atoms with E-state index in [-0.39, 0.29) is 0 Å². The highest BCUT2D eigenvalue weighted by atomic mass is 13.9. The molecule has 0 aromatic rings. The zero-order valence-electron chi connectivity index (χ0n) is 14.4. The number of hydrogen-bond acceptors (Lipinski definition) is 0. The third-order valence-corrected chi connectivity index (χ3v) is 1.71. The van der Waals surface area contributed by atoms with E-state index in [1.165, 1.54) is 44.9 Å². The van der Waals surface area contributed by atoms with Crippen LogP contribution in [0.2, 0.25) is 0 Å². The van der Waals surface area contributed by atoms with Crippen molar-refractivity contribution in [2.75, 3.05) is 0 Å². The Hall–Kier alpha value is -0.520. The average Bonchev–Trinajstić information content (AvgIpc) is 2.38. The molecule has 0 nitrogen and oxygen atoms in total. The second-order valence-electron chi connectivity index (χ2n) is 3.89. The van der Waals surface area contributed by atoms with Crippen molar-refractivity contribution in [2.45, 2.75) is 93.4 Å². The summed E-state index contributed by atoms with van der Waals surface area (Å²) < 4.78 is 0. The van der Waals surface area contributed by atoms with Crippen LogP contribution in [0.1, 0.15) is 93.4 Å². The maximum absolute atomic E-state index is 3.36. The second kappa shape index (κ2) is 43.9. The number of rotatable bonds is 6. The fourth-order valence-electron chi connectivity index (χ4n) is 1.03. The topological polar surface area (TPSA) is 0 Å². The smallest absolute Gasteiger partial charge is 0.0351 e. The van der Waals surface area contributed by atoms with Gasteiger partial charge < -0.3 is 0 Å². The molecule has 0 fully saturated rings. The van der Waals surface area contributed by atoms with Crippen molar-refractivity contribution < 1.29 is 0 Å². The molecule has 0 aliphatic rings. The van der Waals surface area contributed by atoms with Crippen LogP contribution in [0.4, 0.5) is 0 Å². The Morgan fingerprint density at radius 2 is 1.22 bits per heavy atom. The maximum atomic E-state index is 3.36. The number of allylic oxidation sites excluding steroid dienone is 3. The zero-order chi connectivity index (χ0) is 15.1. The summed E-state index contributed by atoms with van der Waals surface area (Å²) in [5.74, 6) is 0. The molecule has 0 aliphatic carbocycles. The highest BCUT2D eigenvalue weighted by Gasteiger charge is 1.84. The van der Waals surface area contributed by atoms with Crippen molar-refractivity contribution >= 4 is 0 Å². The molecule has 0 heterocycles. The molecule has 18 heavy (non-hydrogen) atoms. The molecule has 0 spiro atoms. The van der Waals surface area contributed by atoms with Gasteiger partial charge in [0.1, 0.15) is 0 Å². The standard InChI is InChI=1S/C10H20.C3H8.C3H6.C2H6/c1-3-5-7-9-10-8-6-4-2;2*1-3-2;1-2/h3,5H,4,6-10H2,1-2H3;3H2,1-2H3;3H,1H2,2H3;1-2H3/b5-3-;;;. The van der Waals surface area contributed by atoms with Crippen LogP contribution in [0, 0.1) is 0 Å². The van der Waals surface area contributed by atoms with E-state index in [2.05, 4.69) is 46.4 Å². The Bertz CT molecular complexity index is 111. The van der Waals surface area contributed by atoms with Crippen LogP contribution >= 0.6 is 0 Å². The summed E-state index contributed by atoms with van der Waals surface area (Å²) in [4.78, 5) is 0. The van der Waals surface area contributed by atoms with Crippen LogP contribution in [-0.2, 0) is 0 Å². The first kappa shape index (κ1) is 26.1. The van der Waals surface area contributed by atoms with Crippen LogP contribution in [0.5, 0.6) is 0 Å². The van der Waals surface area contributed by atoms with E-state index in [9.17, 15) is 0 Å². The lowest BCUT2D eigenvalue weighted by atomic mass is 10.1. The molecule has 0 amide bonds. The highest BCUT2D eigenvalue weighted by molar-refractivity contribution is 4.76. The molecule has 0 saturated heterocycles. The summed E-state index contributed by atoms with van der Waals surface area (Å²) >= 11 is 0. The third kappa shape index (κ3) is 77.3. The van der Waals surface area contributed by atoms with Gasteiger partial charge in [-0.25, -0.2) is 0 Å². The van der Waals surface area contributed by atoms with Gasteiger partial charge in [0, 0.05) is 0 Å². The molecule has 0 atom stereocenters. The quantitative estimate of drug-likeness (QED) is 0.340. The van der Waals surface area contributed by atoms with Gasteiger partial charge in [0.2, 0.25) is 0 Å². The minimum absolute atomic E-state index is 1.25. The van der Waals surface area contributed by atoms with E-state index in [1.54, 1.807) is 6.08 Å². The first-order valence-electron chi connectivity index (χ1n) is 7.93. The molecule has 0 saturated carbocycles. The van der Waals surface area contributed by atoms with Crippen molar-refractivity contribution in [3.8, 4) is 0 Å². The minimum atomic E-state index is 1.25. The lowest BCUT2D eigenvalue weighted by molar-refractivity contribution is 0.637. The van der Waals surface area contributed by atoms with Gasteiger partial charge in [-0.15, -0.1) is 6.58 Å². The highest BCUT2D eigenvalue weighted by Crippen LogP contribution is 2.04. The summed E-state index contributed by atoms with van der Waals surface area (Å²) in [7, 11) is 0. The van der Waals surface area contributed by atoms with Crippen molar-refractivity contribution in [1.82, 2.24) is 0 Å². The first-order valence-corrected chi connectivity index (χ1v) is 7.93. The fraction of sp³-hybridized carbons (Fsp3) is 0.778. The summed E-state index contributed by atoms with van der Waals surface area (Å²) in [5.41, 5.74) is 0. The molecule has 0 rings (SSSR count). The normalized spacial score (nSPS) is 8.17. The summed E-state index contributed by atoms with van der Waals surface area (Å²) in [5, 5.41) is 0. The van der Waals surface area contributed by atoms with Crippen molar-refractivity contribution in [3.63, 3.8) is 0 Å². The van der Waals surface area contributed by atoms with Gasteiger partial charge in [-0.2, -0.15) is 0 Å². The van der Waals surface area contributed by atoms with Crippen LogP contribution in [-0.4, -0.2) is 0 Å². The van der Waals surface area contributed by atoms with Gasteiger partial charge in [-0.3, -0.25) is 0 Å². The molecule has 0 bridgehead atoms. The first-order chi connectivity index (χ1) is 8.74. The lowest BCUT2D eigenvalue weighted by Crippen LogP contribution is -1.75. The van der Waals surface area contributed by atoms with E-state index in [4.69, 9.17) is 0 Å². The molecule has 0 aromatic carbocycles. The predicted molar refractivity (Wildman–Crippen MR) is 91.4 cm³/mol. The molecule has 0 N–H and O–H groups in total. The fourth-order valence-corrected chi connectivity index (χ4v) is 1.03. The van der Waals surface area contributed by atoms with E-state index in [1.807, 2.05) is 20.8 Å². The maximum Gasteiger partial charge on any atom is -0.0351 e. The van der Waals surface area contributed by atoms with Gasteiger partial charge >= 0.3 is 0 Å². The van der Waals surface area contributed by atoms with Gasteiger partial charge in [0.05, 0.1) is 0 Å². The molecule has 0 aliphatic heterocycles. The molecule has 0 unspecified atom stereocenters. The third-order valence-electron chi connectivity index (χ3n) is 1.71. The van der Waals surface area contributed by atoms with Crippen molar-refractivity contribution in [2.24, 2.45) is 0 Å². The number of unbranched alkanes of at least 4 members (excludes halogenated alkanes) is 5. The van der Waals surface area contributed by atoms with Gasteiger partial charge in [0.25, 0.3) is 0 Å². The monoisotopic (exact) mass is 256 g/mol. The van der Waals surface area contributed by atoms with Crippen LogP contribution in [0.15, 0.2) is 24.8 Å². The Kier molecular flexibility index (Phi) is 63.8. The SMILES string of the molecule is C/C=C\CCCCCCC.C=CC.CC.CCC. The summed E-state index contributed by atoms with van der Waals surface area (Å²) in [6, 6.07) is 0. The molecule has 112 valence electrons. The second-order valence-corrected chi connectivity index (χ2v) is 3.89.